The van der Waals surface area contributed by atoms with Crippen LogP contribution in [0.2, 0.25) is 5.02 Å². The molecule has 0 heterocycles. The SMILES string of the molecule is Cc1ccc(Cl)cc1NC(=O)[C@H](C)Oc1ccc([N+](=O)[O-])c(C)c1. The Hall–Kier alpha value is -2.60. The molecule has 0 unspecified atom stereocenters. The molecule has 0 saturated carbocycles. The number of hydrogen-bond acceptors (Lipinski definition) is 4. The van der Waals surface area contributed by atoms with Crippen molar-refractivity contribution in [3.8, 4) is 5.75 Å². The van der Waals surface area contributed by atoms with Gasteiger partial charge in [-0.2, -0.15) is 0 Å². The van der Waals surface area contributed by atoms with Gasteiger partial charge in [-0.25, -0.2) is 0 Å². The molecule has 6 nitrogen and oxygen atoms in total. The zero-order valence-electron chi connectivity index (χ0n) is 13.5. The summed E-state index contributed by atoms with van der Waals surface area (Å²) in [6.45, 7) is 5.08. The van der Waals surface area contributed by atoms with Gasteiger partial charge in [-0.15, -0.1) is 0 Å². The molecular formula is C17H17ClN2O4. The molecular weight excluding hydrogens is 332 g/mol. The lowest BCUT2D eigenvalue weighted by Gasteiger charge is -2.16. The van der Waals surface area contributed by atoms with Gasteiger partial charge in [0, 0.05) is 22.3 Å². The van der Waals surface area contributed by atoms with Crippen molar-refractivity contribution in [1.82, 2.24) is 0 Å². The number of nitro benzene ring substituents is 1. The summed E-state index contributed by atoms with van der Waals surface area (Å²) in [7, 11) is 0. The molecule has 0 aliphatic heterocycles. The number of halogens is 1. The summed E-state index contributed by atoms with van der Waals surface area (Å²) in [6, 6.07) is 9.58. The number of ether oxygens (including phenoxy) is 1. The standard InChI is InChI=1S/C17H17ClN2O4/c1-10-4-5-13(18)9-15(10)19-17(21)12(3)24-14-6-7-16(20(22)23)11(2)8-14/h4-9,12H,1-3H3,(H,19,21)/t12-/m0/s1. The molecule has 2 aromatic rings. The Morgan fingerprint density at radius 1 is 1.21 bits per heavy atom. The normalized spacial score (nSPS) is 11.7. The monoisotopic (exact) mass is 348 g/mol. The first-order valence-electron chi connectivity index (χ1n) is 7.26. The number of rotatable bonds is 5. The van der Waals surface area contributed by atoms with E-state index in [0.29, 0.717) is 22.0 Å². The van der Waals surface area contributed by atoms with E-state index in [1.807, 2.05) is 13.0 Å². The molecule has 24 heavy (non-hydrogen) atoms. The molecule has 2 rings (SSSR count). The first-order chi connectivity index (χ1) is 11.3. The minimum atomic E-state index is -0.774. The van der Waals surface area contributed by atoms with Gasteiger partial charge in [0.05, 0.1) is 4.92 Å². The Labute approximate surface area is 144 Å². The lowest BCUT2D eigenvalue weighted by atomic mass is 10.2. The van der Waals surface area contributed by atoms with E-state index in [2.05, 4.69) is 5.32 Å². The highest BCUT2D eigenvalue weighted by Gasteiger charge is 2.17. The van der Waals surface area contributed by atoms with Gasteiger partial charge < -0.3 is 10.1 Å². The largest absolute Gasteiger partial charge is 0.481 e. The van der Waals surface area contributed by atoms with Crippen LogP contribution in [0.5, 0.6) is 5.75 Å². The van der Waals surface area contributed by atoms with Crippen LogP contribution < -0.4 is 10.1 Å². The maximum atomic E-state index is 12.3. The average Bonchev–Trinajstić information content (AvgIpc) is 2.50. The molecule has 0 bridgehead atoms. The van der Waals surface area contributed by atoms with E-state index < -0.39 is 11.0 Å². The smallest absolute Gasteiger partial charge is 0.272 e. The number of carbonyl (C=O) groups is 1. The molecule has 1 amide bonds. The second-order valence-corrected chi connectivity index (χ2v) is 5.85. The molecule has 2 aromatic carbocycles. The first-order valence-corrected chi connectivity index (χ1v) is 7.64. The highest BCUT2D eigenvalue weighted by molar-refractivity contribution is 6.31. The summed E-state index contributed by atoms with van der Waals surface area (Å²) in [5, 5.41) is 14.1. The summed E-state index contributed by atoms with van der Waals surface area (Å²) in [4.78, 5) is 22.6. The van der Waals surface area contributed by atoms with Gasteiger partial charge in [0.2, 0.25) is 0 Å². The number of nitrogens with zero attached hydrogens (tertiary/aromatic N) is 1. The van der Waals surface area contributed by atoms with E-state index >= 15 is 0 Å². The number of hydrogen-bond donors (Lipinski definition) is 1. The lowest BCUT2D eigenvalue weighted by molar-refractivity contribution is -0.385. The third-order valence-electron chi connectivity index (χ3n) is 3.50. The van der Waals surface area contributed by atoms with Crippen molar-refractivity contribution in [1.29, 1.82) is 0 Å². The predicted molar refractivity (Wildman–Crippen MR) is 92.7 cm³/mol. The van der Waals surface area contributed by atoms with Crippen molar-refractivity contribution in [3.63, 3.8) is 0 Å². The molecule has 0 radical (unpaired) electrons. The van der Waals surface area contributed by atoms with Crippen LogP contribution in [0.1, 0.15) is 18.1 Å². The van der Waals surface area contributed by atoms with Crippen LogP contribution in [0.4, 0.5) is 11.4 Å². The van der Waals surface area contributed by atoms with Crippen LogP contribution in [-0.4, -0.2) is 16.9 Å². The van der Waals surface area contributed by atoms with Crippen molar-refractivity contribution >= 4 is 28.9 Å². The van der Waals surface area contributed by atoms with Gasteiger partial charge in [0.25, 0.3) is 11.6 Å². The Balaban J connectivity index is 2.07. The highest BCUT2D eigenvalue weighted by atomic mass is 35.5. The van der Waals surface area contributed by atoms with Crippen molar-refractivity contribution in [2.45, 2.75) is 26.9 Å². The lowest BCUT2D eigenvalue weighted by Crippen LogP contribution is -2.30. The van der Waals surface area contributed by atoms with Gasteiger partial charge in [0.15, 0.2) is 6.10 Å². The van der Waals surface area contributed by atoms with Crippen molar-refractivity contribution < 1.29 is 14.5 Å². The summed E-state index contributed by atoms with van der Waals surface area (Å²) in [5.74, 6) is 0.0555. The van der Waals surface area contributed by atoms with Crippen molar-refractivity contribution in [2.75, 3.05) is 5.32 Å². The maximum absolute atomic E-state index is 12.3. The fourth-order valence-electron chi connectivity index (χ4n) is 2.13. The number of amides is 1. The summed E-state index contributed by atoms with van der Waals surface area (Å²) < 4.78 is 5.57. The van der Waals surface area contributed by atoms with E-state index in [4.69, 9.17) is 16.3 Å². The van der Waals surface area contributed by atoms with Gasteiger partial charge in [-0.1, -0.05) is 17.7 Å². The third kappa shape index (κ3) is 4.23. The molecule has 0 saturated heterocycles. The van der Waals surface area contributed by atoms with Crippen LogP contribution in [0.25, 0.3) is 0 Å². The number of benzene rings is 2. The minimum absolute atomic E-state index is 0.00834. The molecule has 0 aliphatic carbocycles. The van der Waals surface area contributed by atoms with Crippen molar-refractivity contribution in [2.24, 2.45) is 0 Å². The molecule has 0 aliphatic rings. The molecule has 0 spiro atoms. The number of nitro groups is 1. The van der Waals surface area contributed by atoms with Crippen LogP contribution >= 0.6 is 11.6 Å². The highest BCUT2D eigenvalue weighted by Crippen LogP contribution is 2.24. The molecule has 0 fully saturated rings. The first kappa shape index (κ1) is 17.7. The van der Waals surface area contributed by atoms with E-state index in [9.17, 15) is 14.9 Å². The molecule has 7 heteroatoms. The van der Waals surface area contributed by atoms with Gasteiger partial charge in [-0.05, 0) is 50.6 Å². The number of aryl methyl sites for hydroxylation is 2. The predicted octanol–water partition coefficient (Wildman–Crippen LogP) is 4.27. The maximum Gasteiger partial charge on any atom is 0.272 e. The molecule has 0 aromatic heterocycles. The van der Waals surface area contributed by atoms with Crippen LogP contribution in [0.15, 0.2) is 36.4 Å². The summed E-state index contributed by atoms with van der Waals surface area (Å²) >= 11 is 5.93. The number of anilines is 1. The zero-order chi connectivity index (χ0) is 17.9. The molecule has 126 valence electrons. The molecule has 1 N–H and O–H groups in total. The van der Waals surface area contributed by atoms with E-state index in [1.54, 1.807) is 26.0 Å². The summed E-state index contributed by atoms with van der Waals surface area (Å²) in [6.07, 6.45) is -0.774. The van der Waals surface area contributed by atoms with Gasteiger partial charge in [-0.3, -0.25) is 14.9 Å². The Morgan fingerprint density at radius 2 is 1.92 bits per heavy atom. The van der Waals surface area contributed by atoms with E-state index in [-0.39, 0.29) is 11.6 Å². The second-order valence-electron chi connectivity index (χ2n) is 5.41. The molecule has 1 atom stereocenters. The van der Waals surface area contributed by atoms with Gasteiger partial charge >= 0.3 is 0 Å². The Bertz CT molecular complexity index is 792. The quantitative estimate of drug-likeness (QED) is 0.646. The van der Waals surface area contributed by atoms with Crippen LogP contribution in [0.3, 0.4) is 0 Å². The Morgan fingerprint density at radius 3 is 2.54 bits per heavy atom. The average molecular weight is 349 g/mol. The Kier molecular flexibility index (Phi) is 5.41. The minimum Gasteiger partial charge on any atom is -0.481 e. The fraction of sp³-hybridized carbons (Fsp3) is 0.235. The second kappa shape index (κ2) is 7.31. The number of carbonyl (C=O) groups excluding carboxylic acids is 1. The van der Waals surface area contributed by atoms with Crippen LogP contribution in [0, 0.1) is 24.0 Å². The third-order valence-corrected chi connectivity index (χ3v) is 3.74. The zero-order valence-corrected chi connectivity index (χ0v) is 14.3. The van der Waals surface area contributed by atoms with Crippen molar-refractivity contribution in [3.05, 3.63) is 62.7 Å². The topological polar surface area (TPSA) is 81.5 Å². The van der Waals surface area contributed by atoms with Crippen LogP contribution in [-0.2, 0) is 4.79 Å². The number of nitrogens with one attached hydrogen (secondary N) is 1. The van der Waals surface area contributed by atoms with E-state index in [0.717, 1.165) is 5.56 Å². The van der Waals surface area contributed by atoms with E-state index in [1.165, 1.54) is 18.2 Å². The fourth-order valence-corrected chi connectivity index (χ4v) is 2.30. The van der Waals surface area contributed by atoms with Gasteiger partial charge in [0.1, 0.15) is 5.75 Å². The summed E-state index contributed by atoms with van der Waals surface area (Å²) in [5.41, 5.74) is 1.97.